The van der Waals surface area contributed by atoms with E-state index < -0.39 is 16.1 Å². The third-order valence-corrected chi connectivity index (χ3v) is 10.2. The Balaban J connectivity index is 1.45. The van der Waals surface area contributed by atoms with Crippen LogP contribution in [0.1, 0.15) is 85.6 Å². The van der Waals surface area contributed by atoms with E-state index in [0.717, 1.165) is 40.8 Å². The molecule has 2 aliphatic rings. The van der Waals surface area contributed by atoms with Crippen LogP contribution in [0, 0.1) is 19.3 Å². The van der Waals surface area contributed by atoms with Crippen molar-refractivity contribution in [1.29, 1.82) is 0 Å². The van der Waals surface area contributed by atoms with Crippen LogP contribution in [0.4, 0.5) is 5.95 Å². The van der Waals surface area contributed by atoms with E-state index >= 15 is 0 Å². The molecule has 0 fully saturated rings. The standard InChI is InChI=1S/C38H43N5O4S/c1-25-11-9-12-26(2)35(25)33-20-34-41-37(40-33)42-48(45,46)32-16-10-15-28(19-32)36(44)43(31(24-47-34)21-38(3,4)5)23-30-18-17-29(22-39-30)27-13-7-6-8-14-27/h9-13,15-20,22,31H,6-8,14,21,23-24H2,1-5H3,(H,40,41,42)/t31-/m1/s1. The Labute approximate surface area is 283 Å². The summed E-state index contributed by atoms with van der Waals surface area (Å²) >= 11 is 0. The van der Waals surface area contributed by atoms with E-state index in [0.29, 0.717) is 12.1 Å². The molecule has 0 saturated heterocycles. The Morgan fingerprint density at radius 3 is 2.42 bits per heavy atom. The maximum Gasteiger partial charge on any atom is 0.264 e. The van der Waals surface area contributed by atoms with Crippen LogP contribution in [0.25, 0.3) is 16.8 Å². The highest BCUT2D eigenvalue weighted by Gasteiger charge is 2.32. The average Bonchev–Trinajstić information content (AvgIpc) is 3.05. The van der Waals surface area contributed by atoms with Crippen LogP contribution in [-0.4, -0.2) is 46.8 Å². The largest absolute Gasteiger partial charge is 0.475 e. The molecular formula is C38H43N5O4S. The molecule has 1 N–H and O–H groups in total. The number of pyridine rings is 1. The fraction of sp³-hybridized carbons (Fsp3) is 0.368. The van der Waals surface area contributed by atoms with E-state index in [-0.39, 0.29) is 46.8 Å². The monoisotopic (exact) mass is 665 g/mol. The quantitative estimate of drug-likeness (QED) is 0.232. The summed E-state index contributed by atoms with van der Waals surface area (Å²) in [5.41, 5.74) is 6.62. The summed E-state index contributed by atoms with van der Waals surface area (Å²) in [5, 5.41) is 0. The number of nitrogens with one attached hydrogen (secondary N) is 1. The number of amides is 1. The van der Waals surface area contributed by atoms with Gasteiger partial charge in [0.25, 0.3) is 15.9 Å². The molecule has 9 nitrogen and oxygen atoms in total. The molecule has 0 saturated carbocycles. The van der Waals surface area contributed by atoms with Gasteiger partial charge in [-0.15, -0.1) is 0 Å². The van der Waals surface area contributed by atoms with Crippen molar-refractivity contribution in [2.24, 2.45) is 5.41 Å². The molecule has 0 spiro atoms. The molecule has 1 amide bonds. The number of benzene rings is 2. The molecule has 2 aromatic carbocycles. The second kappa shape index (κ2) is 13.5. The van der Waals surface area contributed by atoms with Crippen LogP contribution in [0.5, 0.6) is 5.88 Å². The van der Waals surface area contributed by atoms with Crippen molar-refractivity contribution >= 4 is 27.5 Å². The zero-order chi connectivity index (χ0) is 34.1. The minimum absolute atomic E-state index is 0.0632. The summed E-state index contributed by atoms with van der Waals surface area (Å²) in [5.74, 6) is -0.206. The number of carbonyl (C=O) groups excluding carboxylic acids is 1. The molecule has 6 rings (SSSR count). The maximum absolute atomic E-state index is 14.4. The van der Waals surface area contributed by atoms with Gasteiger partial charge in [-0.2, -0.15) is 4.98 Å². The number of ether oxygens (including phenoxy) is 1. The van der Waals surface area contributed by atoms with Crippen molar-refractivity contribution < 1.29 is 17.9 Å². The lowest BCUT2D eigenvalue weighted by Gasteiger charge is -2.35. The number of sulfonamides is 1. The summed E-state index contributed by atoms with van der Waals surface area (Å²) in [6, 6.07) is 17.4. The van der Waals surface area contributed by atoms with Crippen molar-refractivity contribution in [2.45, 2.75) is 84.2 Å². The molecule has 2 aromatic heterocycles. The van der Waals surface area contributed by atoms with E-state index in [9.17, 15) is 13.2 Å². The zero-order valence-electron chi connectivity index (χ0n) is 28.3. The highest BCUT2D eigenvalue weighted by atomic mass is 32.2. The topological polar surface area (TPSA) is 114 Å². The Bertz CT molecular complexity index is 1950. The molecule has 1 aliphatic heterocycles. The number of aryl methyl sites for hydroxylation is 2. The Morgan fingerprint density at radius 2 is 1.73 bits per heavy atom. The number of carbonyl (C=O) groups is 1. The molecule has 250 valence electrons. The van der Waals surface area contributed by atoms with Gasteiger partial charge < -0.3 is 9.64 Å². The van der Waals surface area contributed by atoms with E-state index in [2.05, 4.69) is 47.6 Å². The van der Waals surface area contributed by atoms with Gasteiger partial charge in [0.1, 0.15) is 6.61 Å². The molecule has 3 heterocycles. The second-order valence-electron chi connectivity index (χ2n) is 14.0. The number of hydrogen-bond acceptors (Lipinski definition) is 7. The lowest BCUT2D eigenvalue weighted by molar-refractivity contribution is 0.0509. The molecule has 48 heavy (non-hydrogen) atoms. The van der Waals surface area contributed by atoms with Crippen LogP contribution >= 0.6 is 0 Å². The van der Waals surface area contributed by atoms with Crippen molar-refractivity contribution in [3.8, 4) is 17.1 Å². The number of allylic oxidation sites excluding steroid dienone is 2. The van der Waals surface area contributed by atoms with E-state index in [1.54, 1.807) is 23.1 Å². The maximum atomic E-state index is 14.4. The van der Waals surface area contributed by atoms with Gasteiger partial charge in [-0.1, -0.05) is 57.2 Å². The van der Waals surface area contributed by atoms with Crippen molar-refractivity contribution in [3.63, 3.8) is 0 Å². The predicted molar refractivity (Wildman–Crippen MR) is 188 cm³/mol. The highest BCUT2D eigenvalue weighted by molar-refractivity contribution is 7.92. The summed E-state index contributed by atoms with van der Waals surface area (Å²) in [6.45, 7) is 10.7. The third-order valence-electron chi connectivity index (χ3n) is 8.85. The number of hydrogen-bond donors (Lipinski definition) is 1. The normalized spacial score (nSPS) is 18.0. The fourth-order valence-electron chi connectivity index (χ4n) is 6.53. The van der Waals surface area contributed by atoms with Gasteiger partial charge in [0.2, 0.25) is 11.8 Å². The van der Waals surface area contributed by atoms with Gasteiger partial charge in [0.05, 0.1) is 28.9 Å². The summed E-state index contributed by atoms with van der Waals surface area (Å²) in [7, 11) is -4.15. The van der Waals surface area contributed by atoms with Crippen LogP contribution in [0.15, 0.2) is 77.8 Å². The molecule has 10 heteroatoms. The molecule has 1 aliphatic carbocycles. The second-order valence-corrected chi connectivity index (χ2v) is 15.7. The van der Waals surface area contributed by atoms with Gasteiger partial charge in [0.15, 0.2) is 0 Å². The van der Waals surface area contributed by atoms with Crippen LogP contribution in [0.3, 0.4) is 0 Å². The first-order valence-electron chi connectivity index (χ1n) is 16.5. The Kier molecular flexibility index (Phi) is 9.38. The van der Waals surface area contributed by atoms with E-state index in [1.165, 1.54) is 30.5 Å². The molecule has 0 radical (unpaired) electrons. The molecule has 4 aromatic rings. The summed E-state index contributed by atoms with van der Waals surface area (Å²) in [4.78, 5) is 30.0. The first-order valence-corrected chi connectivity index (χ1v) is 18.0. The van der Waals surface area contributed by atoms with Crippen molar-refractivity contribution in [2.75, 3.05) is 11.3 Å². The lowest BCUT2D eigenvalue weighted by atomic mass is 9.87. The minimum atomic E-state index is -4.15. The molecule has 4 bridgehead atoms. The molecule has 0 unspecified atom stereocenters. The number of rotatable bonds is 5. The summed E-state index contributed by atoms with van der Waals surface area (Å²) < 4.78 is 36.3. The first-order chi connectivity index (χ1) is 22.9. The van der Waals surface area contributed by atoms with E-state index in [4.69, 9.17) is 9.72 Å². The SMILES string of the molecule is Cc1cccc(C)c1-c1cc2nc(n1)NS(=O)(=O)c1cccc(c1)C(=O)N(Cc1ccc(C3=CCCCC3)cn1)[C@H](CC(C)(C)C)CO2. The van der Waals surface area contributed by atoms with Crippen LogP contribution < -0.4 is 9.46 Å². The lowest BCUT2D eigenvalue weighted by Crippen LogP contribution is -2.45. The van der Waals surface area contributed by atoms with Crippen molar-refractivity contribution in [1.82, 2.24) is 19.9 Å². The average molecular weight is 666 g/mol. The van der Waals surface area contributed by atoms with Crippen molar-refractivity contribution in [3.05, 3.63) is 101 Å². The van der Waals surface area contributed by atoms with Crippen LogP contribution in [0.2, 0.25) is 0 Å². The third kappa shape index (κ3) is 7.59. The molecule has 1 atom stereocenters. The minimum Gasteiger partial charge on any atom is -0.475 e. The number of anilines is 1. The smallest absolute Gasteiger partial charge is 0.264 e. The summed E-state index contributed by atoms with van der Waals surface area (Å²) in [6.07, 6.45) is 9.31. The zero-order valence-corrected chi connectivity index (χ0v) is 29.1. The van der Waals surface area contributed by atoms with Crippen LogP contribution in [-0.2, 0) is 16.6 Å². The van der Waals surface area contributed by atoms with Gasteiger partial charge in [-0.25, -0.2) is 18.1 Å². The van der Waals surface area contributed by atoms with Gasteiger partial charge in [0, 0.05) is 23.4 Å². The Hall–Kier alpha value is -4.57. The number of nitrogens with zero attached hydrogens (tertiary/aromatic N) is 4. The number of fused-ring (bicyclic) bond motifs is 4. The highest BCUT2D eigenvalue weighted by Crippen LogP contribution is 2.32. The predicted octanol–water partition coefficient (Wildman–Crippen LogP) is 7.75. The fourth-order valence-corrected chi connectivity index (χ4v) is 7.52. The van der Waals surface area contributed by atoms with Gasteiger partial charge in [-0.05, 0) is 97.9 Å². The first kappa shape index (κ1) is 33.3. The Morgan fingerprint density at radius 1 is 0.958 bits per heavy atom. The number of aromatic nitrogens is 3. The van der Waals surface area contributed by atoms with Gasteiger partial charge >= 0.3 is 0 Å². The van der Waals surface area contributed by atoms with Gasteiger partial charge in [-0.3, -0.25) is 9.78 Å². The van der Waals surface area contributed by atoms with E-state index in [1.807, 2.05) is 44.3 Å². The molecular weight excluding hydrogens is 623 g/mol.